The number of hydrogen-bond donors (Lipinski definition) is 0. The predicted molar refractivity (Wildman–Crippen MR) is 72.7 cm³/mol. The van der Waals surface area contributed by atoms with Gasteiger partial charge >= 0.3 is 41.8 Å². The van der Waals surface area contributed by atoms with Crippen LogP contribution in [-0.4, -0.2) is 5.80 Å². The van der Waals surface area contributed by atoms with Crippen molar-refractivity contribution in [3.8, 4) is 0 Å². The quantitative estimate of drug-likeness (QED) is 0.413. The fourth-order valence-electron chi connectivity index (χ4n) is 0.420. The molecule has 0 spiro atoms. The van der Waals surface area contributed by atoms with E-state index in [2.05, 4.69) is 53.5 Å². The average molecular weight is 328 g/mol. The van der Waals surface area contributed by atoms with Crippen LogP contribution in [-0.2, 0) is 12.3 Å². The van der Waals surface area contributed by atoms with Gasteiger partial charge < -0.3 is 20.2 Å². The number of hydrogen-bond acceptors (Lipinski definition) is 0. The summed E-state index contributed by atoms with van der Waals surface area (Å²) in [6.45, 7) is 13.2. The average Bonchev–Trinajstić information content (AvgIpc) is 1.77. The van der Waals surface area contributed by atoms with Gasteiger partial charge in [-0.1, -0.05) is 41.5 Å². The van der Waals surface area contributed by atoms with E-state index in [1.807, 2.05) is 0 Å². The molecule has 0 saturated heterocycles. The molecule has 0 aromatic heterocycles. The van der Waals surface area contributed by atoms with Crippen molar-refractivity contribution in [1.82, 2.24) is 0 Å². The van der Waals surface area contributed by atoms with Crippen LogP contribution in [0.1, 0.15) is 41.5 Å². The summed E-state index contributed by atoms with van der Waals surface area (Å²) < 4.78 is 0. The zero-order chi connectivity index (χ0) is 12.7. The van der Waals surface area contributed by atoms with Gasteiger partial charge in [0, 0.05) is 0 Å². The summed E-state index contributed by atoms with van der Waals surface area (Å²) in [5, 5.41) is 0. The monoisotopic (exact) mass is 326 g/mol. The maximum absolute atomic E-state index is 4.95. The van der Waals surface area contributed by atoms with Crippen molar-refractivity contribution in [2.45, 2.75) is 41.5 Å². The van der Waals surface area contributed by atoms with Crippen molar-refractivity contribution in [3.63, 3.8) is 0 Å². The minimum absolute atomic E-state index is 0.226. The minimum atomic E-state index is -1.77. The molecule has 0 fully saturated rings. The molecule has 0 aromatic rings. The summed E-state index contributed by atoms with van der Waals surface area (Å²) in [5.74, 6) is 3.40. The third kappa shape index (κ3) is 31.3. The number of rotatable bonds is 1. The van der Waals surface area contributed by atoms with Gasteiger partial charge in [0.2, 0.25) is 0 Å². The second kappa shape index (κ2) is 8.68. The summed E-state index contributed by atoms with van der Waals surface area (Å²) in [6.07, 6.45) is 2.28. The van der Waals surface area contributed by atoms with Crippen molar-refractivity contribution in [2.75, 3.05) is 0 Å². The van der Waals surface area contributed by atoms with Gasteiger partial charge in [-0.3, -0.25) is 0 Å². The van der Waals surface area contributed by atoms with Crippen LogP contribution >= 0.6 is 37.7 Å². The van der Waals surface area contributed by atoms with Gasteiger partial charge in [-0.05, 0) is 0 Å². The van der Waals surface area contributed by atoms with E-state index in [9.17, 15) is 0 Å². The van der Waals surface area contributed by atoms with E-state index in [-0.39, 0.29) is 5.41 Å². The Morgan fingerprint density at radius 2 is 1.33 bits per heavy atom. The predicted octanol–water partition coefficient (Wildman–Crippen LogP) is 5.93. The summed E-state index contributed by atoms with van der Waals surface area (Å²) in [5.41, 5.74) is 0.545. The van der Waals surface area contributed by atoms with E-state index in [1.165, 1.54) is 8.20 Å². The standard InChI is InChI=1S/C10H19P.3ClH.V/c1-9(2,3)7-11-8-10(4,5)6;;;;/h7H,1-6H3;3*1H;/q-2;;;;+3/p-3. The molecule has 0 aliphatic heterocycles. The molecule has 0 aromatic carbocycles. The SMILES string of the molecule is CC(C)(C)[C-]=P[CH-]C(C)(C)C.[Cl][V]([Cl])[Cl]. The zero-order valence-electron chi connectivity index (χ0n) is 10.1. The molecule has 0 radical (unpaired) electrons. The Hall–Kier alpha value is 1.62. The van der Waals surface area contributed by atoms with Crippen molar-refractivity contribution in [3.05, 3.63) is 6.16 Å². The maximum atomic E-state index is 4.95. The molecule has 0 saturated carbocycles. The van der Waals surface area contributed by atoms with E-state index >= 15 is 0 Å². The van der Waals surface area contributed by atoms with Crippen molar-refractivity contribution >= 4 is 43.5 Å². The van der Waals surface area contributed by atoms with Crippen LogP contribution in [0.25, 0.3) is 0 Å². The van der Waals surface area contributed by atoms with Gasteiger partial charge in [0.1, 0.15) is 0 Å². The molecule has 0 heterocycles. The Balaban J connectivity index is 0. The second-order valence-corrected chi connectivity index (χ2v) is 12.8. The molecular weight excluding hydrogens is 308 g/mol. The van der Waals surface area contributed by atoms with Crippen LogP contribution < -0.4 is 0 Å². The van der Waals surface area contributed by atoms with E-state index in [4.69, 9.17) is 29.5 Å². The first-order valence-electron chi connectivity index (χ1n) is 4.53. The zero-order valence-corrected chi connectivity index (χ0v) is 14.7. The normalized spacial score (nSPS) is 12.9. The molecule has 0 bridgehead atoms. The molecule has 15 heavy (non-hydrogen) atoms. The molecule has 0 atom stereocenters. The molecule has 0 N–H and O–H groups in total. The molecule has 92 valence electrons. The summed E-state index contributed by atoms with van der Waals surface area (Å²) in [6, 6.07) is 0. The van der Waals surface area contributed by atoms with Crippen molar-refractivity contribution < 1.29 is 12.3 Å². The first-order chi connectivity index (χ1) is 6.44. The Labute approximate surface area is 114 Å². The molecule has 0 rings (SSSR count). The Morgan fingerprint density at radius 3 is 1.53 bits per heavy atom. The summed E-state index contributed by atoms with van der Waals surface area (Å²) in [7, 11) is 16.1. The van der Waals surface area contributed by atoms with E-state index in [1.54, 1.807) is 0 Å². The van der Waals surface area contributed by atoms with Crippen LogP contribution in [0, 0.1) is 17.0 Å². The van der Waals surface area contributed by atoms with Crippen LogP contribution in [0.15, 0.2) is 0 Å². The molecule has 0 amide bonds. The van der Waals surface area contributed by atoms with Gasteiger partial charge in [0.05, 0.1) is 0 Å². The van der Waals surface area contributed by atoms with E-state index in [0.717, 1.165) is 0 Å². The number of halogens is 3. The van der Waals surface area contributed by atoms with Crippen molar-refractivity contribution in [1.29, 1.82) is 0 Å². The van der Waals surface area contributed by atoms with Gasteiger partial charge in [-0.15, -0.1) is 0 Å². The third-order valence-corrected chi connectivity index (χ3v) is 2.56. The van der Waals surface area contributed by atoms with E-state index < -0.39 is 12.3 Å². The molecule has 5 heteroatoms. The molecule has 0 aliphatic carbocycles. The van der Waals surface area contributed by atoms with Crippen LogP contribution in [0.2, 0.25) is 0 Å². The van der Waals surface area contributed by atoms with Gasteiger partial charge in [-0.25, -0.2) is 0 Å². The third-order valence-electron chi connectivity index (χ3n) is 0.852. The topological polar surface area (TPSA) is 0 Å². The summed E-state index contributed by atoms with van der Waals surface area (Å²) in [4.78, 5) is 0. The summed E-state index contributed by atoms with van der Waals surface area (Å²) >= 11 is -1.77. The molecule has 0 aliphatic rings. The molecule has 0 unspecified atom stereocenters. The fraction of sp³-hybridized carbons (Fsp3) is 0.800. The Kier molecular flexibility index (Phi) is 11.0. The second-order valence-electron chi connectivity index (χ2n) is 5.18. The van der Waals surface area contributed by atoms with Gasteiger partial charge in [-0.2, -0.15) is 10.8 Å². The Bertz CT molecular complexity index is 177. The van der Waals surface area contributed by atoms with Crippen LogP contribution in [0.3, 0.4) is 0 Å². The van der Waals surface area contributed by atoms with Crippen molar-refractivity contribution in [2.24, 2.45) is 10.8 Å². The Morgan fingerprint density at radius 1 is 1.00 bits per heavy atom. The van der Waals surface area contributed by atoms with Gasteiger partial charge in [0.25, 0.3) is 0 Å². The van der Waals surface area contributed by atoms with Crippen LogP contribution in [0.4, 0.5) is 0 Å². The first-order valence-corrected chi connectivity index (χ1v) is 11.3. The fourth-order valence-corrected chi connectivity index (χ4v) is 1.26. The molecule has 0 nitrogen and oxygen atoms in total. The van der Waals surface area contributed by atoms with Crippen LogP contribution in [0.5, 0.6) is 0 Å². The molecular formula is C10H19Cl3PV-2. The van der Waals surface area contributed by atoms with Gasteiger partial charge in [0.15, 0.2) is 0 Å². The van der Waals surface area contributed by atoms with E-state index in [0.29, 0.717) is 5.41 Å². The first kappa shape index (κ1) is 19.0.